The minimum absolute atomic E-state index is 0.0343. The maximum absolute atomic E-state index is 15.1. The fraction of sp³-hybridized carbons (Fsp3) is 0.241. The molecule has 0 N–H and O–H groups in total. The number of nitrogens with zero attached hydrogens (tertiary/aromatic N) is 5. The molecule has 2 aromatic heterocycles. The van der Waals surface area contributed by atoms with E-state index in [2.05, 4.69) is 16.0 Å². The lowest BCUT2D eigenvalue weighted by Gasteiger charge is -2.45. The van der Waals surface area contributed by atoms with Gasteiger partial charge in [0.15, 0.2) is 11.6 Å². The van der Waals surface area contributed by atoms with Gasteiger partial charge in [-0.05, 0) is 37.0 Å². The van der Waals surface area contributed by atoms with Crippen molar-refractivity contribution < 1.29 is 9.18 Å². The van der Waals surface area contributed by atoms with E-state index < -0.39 is 5.41 Å². The predicted octanol–water partition coefficient (Wildman–Crippen LogP) is 5.38. The van der Waals surface area contributed by atoms with E-state index in [4.69, 9.17) is 9.97 Å². The van der Waals surface area contributed by atoms with Gasteiger partial charge in [0.25, 0.3) is 0 Å². The number of nitriles is 1. The summed E-state index contributed by atoms with van der Waals surface area (Å²) in [5, 5.41) is 10.5. The molecule has 0 unspecified atom stereocenters. The molecule has 0 aliphatic heterocycles. The Morgan fingerprint density at radius 1 is 1.06 bits per heavy atom. The van der Waals surface area contributed by atoms with Crippen LogP contribution in [-0.4, -0.2) is 25.7 Å². The van der Waals surface area contributed by atoms with Crippen LogP contribution >= 0.6 is 0 Å². The van der Waals surface area contributed by atoms with Crippen molar-refractivity contribution in [1.29, 1.82) is 5.26 Å². The molecule has 3 atom stereocenters. The number of fused-ring (bicyclic) bond motifs is 4. The van der Waals surface area contributed by atoms with Gasteiger partial charge in [0, 0.05) is 27.8 Å². The molecule has 6 rings (SSSR count). The standard InChI is InChI=1S/C29H22FN5O/c1-16-21-12-11-20-24(18-7-3-5-9-22(18)30)34-28(25-19-8-4-6-10-23(19)32-15-33-25)35-27(20)29(21,2)13-17(14-31)26(16)36/h3-10,13,15-16,21H,11-12H2,1-2H3/t16-,21-,29-/m1/s1. The molecule has 2 aliphatic carbocycles. The van der Waals surface area contributed by atoms with E-state index in [9.17, 15) is 10.1 Å². The SMILES string of the molecule is C[C@H]1C(=O)C(C#N)=C[C@@]2(C)c3nc(-c4ncnc5ccccc45)nc(-c4ccccc4F)c3CC[C@H]12. The molecule has 0 bridgehead atoms. The number of Topliss-reactive ketones (excluding diaryl/α,β-unsaturated/α-hetero) is 1. The topological polar surface area (TPSA) is 92.4 Å². The van der Waals surface area contributed by atoms with Crippen LogP contribution in [0.5, 0.6) is 0 Å². The van der Waals surface area contributed by atoms with Crippen LogP contribution in [-0.2, 0) is 16.6 Å². The molecule has 2 aliphatic rings. The molecule has 4 aromatic rings. The smallest absolute Gasteiger partial charge is 0.179 e. The van der Waals surface area contributed by atoms with Gasteiger partial charge in [-0.1, -0.05) is 50.3 Å². The van der Waals surface area contributed by atoms with Gasteiger partial charge >= 0.3 is 0 Å². The summed E-state index contributed by atoms with van der Waals surface area (Å²) in [6.45, 7) is 3.91. The molecule has 2 heterocycles. The quantitative estimate of drug-likeness (QED) is 0.386. The van der Waals surface area contributed by atoms with Gasteiger partial charge in [0.05, 0.1) is 22.5 Å². The summed E-state index contributed by atoms with van der Waals surface area (Å²) in [4.78, 5) is 31.6. The highest BCUT2D eigenvalue weighted by molar-refractivity contribution is 6.02. The number of allylic oxidation sites excluding steroid dienone is 2. The third-order valence-electron chi connectivity index (χ3n) is 7.72. The number of para-hydroxylation sites is 1. The Bertz CT molecular complexity index is 1630. The number of rotatable bonds is 2. The number of benzene rings is 2. The third kappa shape index (κ3) is 3.18. The average Bonchev–Trinajstić information content (AvgIpc) is 2.90. The number of carbonyl (C=O) groups excluding carboxylic acids is 1. The van der Waals surface area contributed by atoms with E-state index in [1.807, 2.05) is 38.1 Å². The molecule has 0 saturated heterocycles. The lowest BCUT2D eigenvalue weighted by Crippen LogP contribution is -2.46. The number of aromatic nitrogens is 4. The average molecular weight is 476 g/mol. The highest BCUT2D eigenvalue weighted by Crippen LogP contribution is 2.51. The number of carbonyl (C=O) groups is 1. The largest absolute Gasteiger partial charge is 0.293 e. The number of hydrogen-bond donors (Lipinski definition) is 0. The Morgan fingerprint density at radius 3 is 2.64 bits per heavy atom. The van der Waals surface area contributed by atoms with Crippen LogP contribution in [0.2, 0.25) is 0 Å². The van der Waals surface area contributed by atoms with E-state index in [1.54, 1.807) is 24.3 Å². The van der Waals surface area contributed by atoms with Crippen molar-refractivity contribution in [3.05, 3.63) is 83.6 Å². The normalized spacial score (nSPS) is 22.9. The van der Waals surface area contributed by atoms with Crippen LogP contribution in [0, 0.1) is 29.0 Å². The third-order valence-corrected chi connectivity index (χ3v) is 7.72. The molecule has 0 amide bonds. The monoisotopic (exact) mass is 475 g/mol. The Morgan fingerprint density at radius 2 is 1.83 bits per heavy atom. The van der Waals surface area contributed by atoms with Crippen LogP contribution in [0.15, 0.2) is 66.5 Å². The molecule has 0 saturated carbocycles. The number of halogens is 1. The molecule has 0 spiro atoms. The van der Waals surface area contributed by atoms with E-state index >= 15 is 4.39 Å². The molecule has 176 valence electrons. The molecule has 0 fully saturated rings. The van der Waals surface area contributed by atoms with Crippen LogP contribution in [0.1, 0.15) is 31.5 Å². The maximum atomic E-state index is 15.1. The second kappa shape index (κ2) is 8.13. The van der Waals surface area contributed by atoms with E-state index in [0.717, 1.165) is 22.2 Å². The van der Waals surface area contributed by atoms with E-state index in [0.29, 0.717) is 35.6 Å². The summed E-state index contributed by atoms with van der Waals surface area (Å²) >= 11 is 0. The van der Waals surface area contributed by atoms with Crippen LogP contribution in [0.25, 0.3) is 33.7 Å². The minimum Gasteiger partial charge on any atom is -0.293 e. The summed E-state index contributed by atoms with van der Waals surface area (Å²) in [7, 11) is 0. The molecule has 2 aromatic carbocycles. The number of ketones is 1. The van der Waals surface area contributed by atoms with E-state index in [1.165, 1.54) is 12.4 Å². The van der Waals surface area contributed by atoms with Gasteiger partial charge in [0.1, 0.15) is 23.9 Å². The highest BCUT2D eigenvalue weighted by atomic mass is 19.1. The van der Waals surface area contributed by atoms with Crippen molar-refractivity contribution >= 4 is 16.7 Å². The van der Waals surface area contributed by atoms with Crippen molar-refractivity contribution in [3.63, 3.8) is 0 Å². The first-order chi connectivity index (χ1) is 17.4. The lowest BCUT2D eigenvalue weighted by atomic mass is 9.57. The number of hydrogen-bond acceptors (Lipinski definition) is 6. The second-order valence-corrected chi connectivity index (χ2v) is 9.69. The second-order valence-electron chi connectivity index (χ2n) is 9.69. The summed E-state index contributed by atoms with van der Waals surface area (Å²) in [5.74, 6) is -0.492. The first kappa shape index (κ1) is 22.2. The van der Waals surface area contributed by atoms with Crippen LogP contribution in [0.4, 0.5) is 4.39 Å². The first-order valence-corrected chi connectivity index (χ1v) is 12.0. The summed E-state index contributed by atoms with van der Waals surface area (Å²) in [6, 6.07) is 16.3. The van der Waals surface area contributed by atoms with Gasteiger partial charge < -0.3 is 0 Å². The van der Waals surface area contributed by atoms with Crippen LogP contribution in [0.3, 0.4) is 0 Å². The Labute approximate surface area is 207 Å². The zero-order valence-corrected chi connectivity index (χ0v) is 19.9. The predicted molar refractivity (Wildman–Crippen MR) is 133 cm³/mol. The highest BCUT2D eigenvalue weighted by Gasteiger charge is 2.49. The zero-order valence-electron chi connectivity index (χ0n) is 19.9. The van der Waals surface area contributed by atoms with E-state index in [-0.39, 0.29) is 29.0 Å². The van der Waals surface area contributed by atoms with Gasteiger partial charge in [0.2, 0.25) is 0 Å². The maximum Gasteiger partial charge on any atom is 0.179 e. The van der Waals surface area contributed by atoms with Crippen LogP contribution < -0.4 is 0 Å². The zero-order chi connectivity index (χ0) is 25.0. The van der Waals surface area contributed by atoms with Gasteiger partial charge in [-0.15, -0.1) is 0 Å². The van der Waals surface area contributed by atoms with Crippen molar-refractivity contribution in [1.82, 2.24) is 19.9 Å². The van der Waals surface area contributed by atoms with Gasteiger partial charge in [-0.25, -0.2) is 24.3 Å². The summed E-state index contributed by atoms with van der Waals surface area (Å²) < 4.78 is 15.1. The molecule has 7 heteroatoms. The molecule has 6 nitrogen and oxygen atoms in total. The Hall–Kier alpha value is -4.31. The first-order valence-electron chi connectivity index (χ1n) is 12.0. The Balaban J connectivity index is 1.70. The summed E-state index contributed by atoms with van der Waals surface area (Å²) in [6.07, 6.45) is 4.56. The fourth-order valence-electron chi connectivity index (χ4n) is 5.94. The molecular weight excluding hydrogens is 453 g/mol. The van der Waals surface area contributed by atoms with Gasteiger partial charge in [-0.3, -0.25) is 4.79 Å². The van der Waals surface area contributed by atoms with Crippen molar-refractivity contribution in [3.8, 4) is 28.8 Å². The summed E-state index contributed by atoms with van der Waals surface area (Å²) in [5.41, 5.74) is 3.24. The Kier molecular flexibility index (Phi) is 5.01. The lowest BCUT2D eigenvalue weighted by molar-refractivity contribution is -0.121. The van der Waals surface area contributed by atoms with Gasteiger partial charge in [-0.2, -0.15) is 5.26 Å². The molecule has 36 heavy (non-hydrogen) atoms. The molecular formula is C29H22FN5O. The fourth-order valence-corrected chi connectivity index (χ4v) is 5.94. The van der Waals surface area contributed by atoms with Crippen molar-refractivity contribution in [2.75, 3.05) is 0 Å². The van der Waals surface area contributed by atoms with Crippen molar-refractivity contribution in [2.24, 2.45) is 11.8 Å². The molecule has 0 radical (unpaired) electrons. The van der Waals surface area contributed by atoms with Crippen molar-refractivity contribution in [2.45, 2.75) is 32.1 Å². The minimum atomic E-state index is -0.688.